The maximum atomic E-state index is 13.8. The Morgan fingerprint density at radius 3 is 2.88 bits per heavy atom. The molecule has 2 aromatic rings. The number of aromatic nitrogens is 2. The van der Waals surface area contributed by atoms with E-state index in [9.17, 15) is 9.18 Å². The van der Waals surface area contributed by atoms with Crippen molar-refractivity contribution in [2.75, 3.05) is 0 Å². The first-order valence-electron chi connectivity index (χ1n) is 5.07. The van der Waals surface area contributed by atoms with E-state index < -0.39 is 5.82 Å². The molecule has 0 fully saturated rings. The summed E-state index contributed by atoms with van der Waals surface area (Å²) in [4.78, 5) is 18.1. The van der Waals surface area contributed by atoms with Crippen LogP contribution in [0.1, 0.15) is 18.2 Å². The SMILES string of the molecule is [B]Cc1ccc2nc(CC)c(=O)[nH]c2c1F. The number of H-pyrrole nitrogens is 1. The molecule has 1 aromatic carbocycles. The quantitative estimate of drug-likeness (QED) is 0.768. The van der Waals surface area contributed by atoms with E-state index in [1.54, 1.807) is 12.1 Å². The molecule has 16 heavy (non-hydrogen) atoms. The second-order valence-corrected chi connectivity index (χ2v) is 3.50. The Kier molecular flexibility index (Phi) is 2.77. The predicted octanol–water partition coefficient (Wildman–Crippen LogP) is 1.29. The van der Waals surface area contributed by atoms with Crippen molar-refractivity contribution in [1.82, 2.24) is 9.97 Å². The van der Waals surface area contributed by atoms with Gasteiger partial charge in [0.2, 0.25) is 0 Å². The van der Waals surface area contributed by atoms with Crippen molar-refractivity contribution < 1.29 is 4.39 Å². The Hall–Kier alpha value is -1.65. The average Bonchev–Trinajstić information content (AvgIpc) is 2.30. The predicted molar refractivity (Wildman–Crippen MR) is 61.2 cm³/mol. The zero-order valence-corrected chi connectivity index (χ0v) is 8.88. The van der Waals surface area contributed by atoms with E-state index >= 15 is 0 Å². The summed E-state index contributed by atoms with van der Waals surface area (Å²) in [5, 5.41) is 0. The molecule has 1 aromatic heterocycles. The molecule has 0 saturated heterocycles. The van der Waals surface area contributed by atoms with Crippen molar-refractivity contribution in [3.8, 4) is 0 Å². The van der Waals surface area contributed by atoms with Gasteiger partial charge in [-0.3, -0.25) is 4.79 Å². The number of hydrogen-bond acceptors (Lipinski definition) is 2. The van der Waals surface area contributed by atoms with Crippen LogP contribution in [-0.4, -0.2) is 17.8 Å². The second kappa shape index (κ2) is 4.08. The van der Waals surface area contributed by atoms with Gasteiger partial charge in [0.05, 0.1) is 13.4 Å². The van der Waals surface area contributed by atoms with Gasteiger partial charge in [-0.2, -0.15) is 0 Å². The molecular formula is C11H10BFN2O. The monoisotopic (exact) mass is 216 g/mol. The van der Waals surface area contributed by atoms with Gasteiger partial charge in [-0.1, -0.05) is 19.3 Å². The molecule has 0 amide bonds. The minimum Gasteiger partial charge on any atom is -0.317 e. The lowest BCUT2D eigenvalue weighted by molar-refractivity contribution is 0.625. The van der Waals surface area contributed by atoms with Crippen LogP contribution in [0.25, 0.3) is 11.0 Å². The van der Waals surface area contributed by atoms with Crippen LogP contribution < -0.4 is 5.56 Å². The highest BCUT2D eigenvalue weighted by Crippen LogP contribution is 2.16. The summed E-state index contributed by atoms with van der Waals surface area (Å²) in [5.74, 6) is -0.493. The molecule has 1 N–H and O–H groups in total. The lowest BCUT2D eigenvalue weighted by atomic mass is 9.96. The first kappa shape index (κ1) is 10.9. The van der Waals surface area contributed by atoms with E-state index in [-0.39, 0.29) is 17.4 Å². The molecule has 80 valence electrons. The molecule has 0 aliphatic heterocycles. The molecule has 0 aliphatic carbocycles. The van der Waals surface area contributed by atoms with Gasteiger partial charge in [-0.15, -0.1) is 0 Å². The van der Waals surface area contributed by atoms with Gasteiger partial charge in [-0.05, 0) is 18.1 Å². The lowest BCUT2D eigenvalue weighted by Crippen LogP contribution is -2.15. The number of aromatic amines is 1. The number of benzene rings is 1. The van der Waals surface area contributed by atoms with Crippen LogP contribution in [0, 0.1) is 5.82 Å². The smallest absolute Gasteiger partial charge is 0.270 e. The number of nitrogens with zero attached hydrogens (tertiary/aromatic N) is 1. The van der Waals surface area contributed by atoms with E-state index in [4.69, 9.17) is 7.85 Å². The van der Waals surface area contributed by atoms with Gasteiger partial charge < -0.3 is 4.98 Å². The molecule has 0 unspecified atom stereocenters. The van der Waals surface area contributed by atoms with Gasteiger partial charge in [0.25, 0.3) is 5.56 Å². The maximum Gasteiger partial charge on any atom is 0.270 e. The summed E-state index contributed by atoms with van der Waals surface area (Å²) >= 11 is 0. The van der Waals surface area contributed by atoms with E-state index in [1.165, 1.54) is 0 Å². The molecule has 3 nitrogen and oxygen atoms in total. The van der Waals surface area contributed by atoms with E-state index in [0.29, 0.717) is 23.2 Å². The third-order valence-electron chi connectivity index (χ3n) is 2.51. The van der Waals surface area contributed by atoms with Gasteiger partial charge >= 0.3 is 0 Å². The summed E-state index contributed by atoms with van der Waals surface area (Å²) in [6.07, 6.45) is 0.616. The molecular weight excluding hydrogens is 206 g/mol. The second-order valence-electron chi connectivity index (χ2n) is 3.50. The van der Waals surface area contributed by atoms with Crippen LogP contribution in [0.5, 0.6) is 0 Å². The molecule has 0 atom stereocenters. The van der Waals surface area contributed by atoms with Crippen molar-refractivity contribution in [2.45, 2.75) is 19.7 Å². The van der Waals surface area contributed by atoms with Crippen LogP contribution in [0.15, 0.2) is 16.9 Å². The van der Waals surface area contributed by atoms with Crippen LogP contribution in [-0.2, 0) is 12.7 Å². The van der Waals surface area contributed by atoms with Crippen LogP contribution in [0.4, 0.5) is 4.39 Å². The number of nitrogens with one attached hydrogen (secondary N) is 1. The minimum atomic E-state index is -0.493. The number of halogens is 1. The summed E-state index contributed by atoms with van der Waals surface area (Å²) in [7, 11) is 5.38. The van der Waals surface area contributed by atoms with Crippen LogP contribution in [0.3, 0.4) is 0 Å². The van der Waals surface area contributed by atoms with Gasteiger partial charge in [0, 0.05) is 0 Å². The zero-order valence-electron chi connectivity index (χ0n) is 8.88. The summed E-state index contributed by atoms with van der Waals surface area (Å²) in [5.41, 5.74) is 1.01. The molecule has 0 saturated carbocycles. The molecule has 5 heteroatoms. The summed E-state index contributed by atoms with van der Waals surface area (Å²) in [6, 6.07) is 3.25. The molecule has 0 bridgehead atoms. The van der Waals surface area contributed by atoms with Crippen molar-refractivity contribution in [3.05, 3.63) is 39.6 Å². The first-order valence-corrected chi connectivity index (χ1v) is 5.07. The summed E-state index contributed by atoms with van der Waals surface area (Å²) < 4.78 is 13.8. The largest absolute Gasteiger partial charge is 0.317 e. The van der Waals surface area contributed by atoms with E-state index in [0.717, 1.165) is 0 Å². The van der Waals surface area contributed by atoms with Crippen molar-refractivity contribution >= 4 is 18.9 Å². The van der Waals surface area contributed by atoms with Crippen molar-refractivity contribution in [3.63, 3.8) is 0 Å². The Labute approximate surface area is 93.1 Å². The normalized spacial score (nSPS) is 10.9. The number of aryl methyl sites for hydroxylation is 1. The first-order chi connectivity index (χ1) is 7.67. The molecule has 0 aliphatic rings. The van der Waals surface area contributed by atoms with Crippen molar-refractivity contribution in [2.24, 2.45) is 0 Å². The fourth-order valence-corrected chi connectivity index (χ4v) is 1.60. The Balaban J connectivity index is 2.81. The van der Waals surface area contributed by atoms with Crippen LogP contribution >= 0.6 is 0 Å². The molecule has 2 rings (SSSR count). The van der Waals surface area contributed by atoms with Gasteiger partial charge in [0.1, 0.15) is 11.2 Å². The highest BCUT2D eigenvalue weighted by atomic mass is 19.1. The Bertz CT molecular complexity index is 594. The topological polar surface area (TPSA) is 45.8 Å². The van der Waals surface area contributed by atoms with E-state index in [1.807, 2.05) is 6.92 Å². The minimum absolute atomic E-state index is 0.0966. The summed E-state index contributed by atoms with van der Waals surface area (Å²) in [6.45, 7) is 1.83. The third-order valence-corrected chi connectivity index (χ3v) is 2.51. The average molecular weight is 216 g/mol. The zero-order chi connectivity index (χ0) is 11.7. The highest BCUT2D eigenvalue weighted by Gasteiger charge is 2.09. The van der Waals surface area contributed by atoms with Gasteiger partial charge in [0.15, 0.2) is 5.82 Å². The van der Waals surface area contributed by atoms with Crippen molar-refractivity contribution in [1.29, 1.82) is 0 Å². The molecule has 2 radical (unpaired) electrons. The lowest BCUT2D eigenvalue weighted by Gasteiger charge is -2.05. The standard InChI is InChI=1S/C11H10BFN2O/c1-2-7-11(16)15-10-8(14-7)4-3-6(5-12)9(10)13/h3-4H,2,5H2,1H3,(H,15,16). The highest BCUT2D eigenvalue weighted by molar-refractivity contribution is 6.08. The molecule has 0 spiro atoms. The van der Waals surface area contributed by atoms with E-state index in [2.05, 4.69) is 9.97 Å². The fourth-order valence-electron chi connectivity index (χ4n) is 1.60. The fraction of sp³-hybridized carbons (Fsp3) is 0.273. The number of hydrogen-bond donors (Lipinski definition) is 1. The maximum absolute atomic E-state index is 13.8. The Morgan fingerprint density at radius 1 is 1.50 bits per heavy atom. The number of fused-ring (bicyclic) bond motifs is 1. The van der Waals surface area contributed by atoms with Gasteiger partial charge in [-0.25, -0.2) is 9.37 Å². The van der Waals surface area contributed by atoms with Crippen LogP contribution in [0.2, 0.25) is 0 Å². The third kappa shape index (κ3) is 1.62. The number of rotatable bonds is 2. The Morgan fingerprint density at radius 2 is 2.25 bits per heavy atom. The molecule has 1 heterocycles.